The van der Waals surface area contributed by atoms with E-state index in [0.29, 0.717) is 0 Å². The normalized spacial score (nSPS) is 15.5. The number of alkyl halides is 13. The van der Waals surface area contributed by atoms with E-state index in [9.17, 15) is 66.3 Å². The fraction of sp³-hybridized carbons (Fsp3) is 0.438. The molecule has 0 aliphatic heterocycles. The standard InChI is InChI=1S/C16H8F14O/c17-10(9(7-31)6-8-4-2-1-3-5-8)11(18,19)12(20,21)13(22,23)14(24,25)15(26,27)16(28,29)30/h1-5,7H,6H2/b10-9-. The minimum atomic E-state index is -8.15. The summed E-state index contributed by atoms with van der Waals surface area (Å²) in [7, 11) is 0. The van der Waals surface area contributed by atoms with E-state index in [1.54, 1.807) is 0 Å². The molecule has 1 nitrogen and oxygen atoms in total. The largest absolute Gasteiger partial charge is 0.460 e. The van der Waals surface area contributed by atoms with Crippen LogP contribution in [0.25, 0.3) is 0 Å². The summed E-state index contributed by atoms with van der Waals surface area (Å²) in [6, 6.07) is 5.70. The second-order valence-corrected chi connectivity index (χ2v) is 5.99. The lowest BCUT2D eigenvalue weighted by molar-refractivity contribution is -0.437. The first kappa shape index (κ1) is 26.7. The van der Waals surface area contributed by atoms with Gasteiger partial charge in [0.2, 0.25) is 0 Å². The van der Waals surface area contributed by atoms with Crippen molar-refractivity contribution in [2.24, 2.45) is 0 Å². The molecule has 0 N–H and O–H groups in total. The van der Waals surface area contributed by atoms with Gasteiger partial charge in [-0.25, -0.2) is 4.39 Å². The number of allylic oxidation sites excluding steroid dienone is 2. The Morgan fingerprint density at radius 2 is 1.10 bits per heavy atom. The van der Waals surface area contributed by atoms with Gasteiger partial charge in [0.25, 0.3) is 0 Å². The molecule has 0 atom stereocenters. The van der Waals surface area contributed by atoms with Crippen molar-refractivity contribution in [2.75, 3.05) is 0 Å². The highest BCUT2D eigenvalue weighted by Gasteiger charge is 2.91. The second kappa shape index (κ2) is 7.97. The number of hydrogen-bond donors (Lipinski definition) is 0. The minimum absolute atomic E-state index is 0.237. The van der Waals surface area contributed by atoms with E-state index in [0.717, 1.165) is 12.1 Å². The van der Waals surface area contributed by atoms with Gasteiger partial charge in [0, 0.05) is 12.0 Å². The topological polar surface area (TPSA) is 17.1 Å². The van der Waals surface area contributed by atoms with Crippen molar-refractivity contribution in [3.05, 3.63) is 47.3 Å². The number of rotatable bonds is 8. The molecule has 0 radical (unpaired) electrons. The Hall–Kier alpha value is -2.35. The molecule has 31 heavy (non-hydrogen) atoms. The van der Waals surface area contributed by atoms with Gasteiger partial charge in [-0.15, -0.1) is 0 Å². The molecular weight excluding hydrogens is 474 g/mol. The zero-order valence-electron chi connectivity index (χ0n) is 14.4. The molecule has 0 saturated heterocycles. The first-order valence-electron chi connectivity index (χ1n) is 7.54. The van der Waals surface area contributed by atoms with Gasteiger partial charge in [-0.1, -0.05) is 30.3 Å². The highest BCUT2D eigenvalue weighted by Crippen LogP contribution is 2.61. The Kier molecular flexibility index (Phi) is 6.86. The van der Waals surface area contributed by atoms with E-state index in [2.05, 4.69) is 0 Å². The van der Waals surface area contributed by atoms with Crippen LogP contribution in [0.5, 0.6) is 0 Å². The van der Waals surface area contributed by atoms with Gasteiger partial charge in [0.15, 0.2) is 5.83 Å². The summed E-state index contributed by atoms with van der Waals surface area (Å²) in [6.07, 6.45) is -9.70. The second-order valence-electron chi connectivity index (χ2n) is 5.99. The van der Waals surface area contributed by atoms with Crippen LogP contribution >= 0.6 is 0 Å². The van der Waals surface area contributed by atoms with Crippen LogP contribution in [0.2, 0.25) is 0 Å². The molecule has 0 aliphatic rings. The number of carbonyl (C=O) groups is 1. The van der Waals surface area contributed by atoms with Gasteiger partial charge < -0.3 is 0 Å². The summed E-state index contributed by atoms with van der Waals surface area (Å²) in [5, 5.41) is 0. The van der Waals surface area contributed by atoms with Crippen LogP contribution in [-0.4, -0.2) is 42.1 Å². The Labute approximate surface area is 163 Å². The predicted octanol–water partition coefficient (Wildman–Crippen LogP) is 6.39. The molecule has 0 amide bonds. The lowest BCUT2D eigenvalue weighted by Gasteiger charge is -2.39. The molecule has 0 saturated carbocycles. The van der Waals surface area contributed by atoms with Crippen LogP contribution in [-0.2, 0) is 11.2 Å². The molecule has 1 aromatic rings. The highest BCUT2D eigenvalue weighted by molar-refractivity contribution is 5.75. The van der Waals surface area contributed by atoms with Crippen molar-refractivity contribution in [3.8, 4) is 0 Å². The Balaban J connectivity index is 3.58. The zero-order chi connectivity index (χ0) is 24.7. The van der Waals surface area contributed by atoms with Crippen molar-refractivity contribution in [1.82, 2.24) is 0 Å². The molecule has 176 valence electrons. The van der Waals surface area contributed by atoms with Crippen molar-refractivity contribution < 1.29 is 66.3 Å². The van der Waals surface area contributed by atoms with E-state index >= 15 is 0 Å². The SMILES string of the molecule is O=C/C(Cc1ccccc1)=C(\F)C(F)(F)C(F)(F)C(F)(F)C(F)(F)C(F)(F)C(F)(F)F. The third-order valence-electron chi connectivity index (χ3n) is 3.87. The average Bonchev–Trinajstić information content (AvgIpc) is 2.64. The van der Waals surface area contributed by atoms with Crippen LogP contribution in [0.4, 0.5) is 61.5 Å². The Morgan fingerprint density at radius 3 is 1.48 bits per heavy atom. The van der Waals surface area contributed by atoms with Crippen LogP contribution in [0.15, 0.2) is 41.7 Å². The van der Waals surface area contributed by atoms with E-state index in [1.165, 1.54) is 18.2 Å². The predicted molar refractivity (Wildman–Crippen MR) is 75.1 cm³/mol. The summed E-state index contributed by atoms with van der Waals surface area (Å²) in [5.41, 5.74) is -2.21. The van der Waals surface area contributed by atoms with Gasteiger partial charge >= 0.3 is 35.8 Å². The maximum Gasteiger partial charge on any atom is 0.460 e. The first-order chi connectivity index (χ1) is 13.7. The monoisotopic (exact) mass is 482 g/mol. The summed E-state index contributed by atoms with van der Waals surface area (Å²) in [5.74, 6) is -42.9. The Morgan fingerprint density at radius 1 is 0.677 bits per heavy atom. The average molecular weight is 482 g/mol. The fourth-order valence-electron chi connectivity index (χ4n) is 2.10. The molecule has 1 rings (SSSR count). The molecule has 0 spiro atoms. The van der Waals surface area contributed by atoms with Crippen LogP contribution in [0.3, 0.4) is 0 Å². The molecule has 0 heterocycles. The van der Waals surface area contributed by atoms with Gasteiger partial charge in [-0.3, -0.25) is 4.79 Å². The zero-order valence-corrected chi connectivity index (χ0v) is 14.4. The first-order valence-corrected chi connectivity index (χ1v) is 7.54. The molecule has 15 heteroatoms. The summed E-state index contributed by atoms with van der Waals surface area (Å²) in [6.45, 7) is 0. The fourth-order valence-corrected chi connectivity index (χ4v) is 2.10. The maximum atomic E-state index is 13.9. The lowest BCUT2D eigenvalue weighted by atomic mass is 9.91. The van der Waals surface area contributed by atoms with Gasteiger partial charge in [0.1, 0.15) is 6.29 Å². The van der Waals surface area contributed by atoms with Crippen molar-refractivity contribution in [1.29, 1.82) is 0 Å². The lowest BCUT2D eigenvalue weighted by Crippen LogP contribution is -2.70. The molecule has 0 aromatic heterocycles. The summed E-state index contributed by atoms with van der Waals surface area (Å²) in [4.78, 5) is 10.8. The van der Waals surface area contributed by atoms with Crippen LogP contribution < -0.4 is 0 Å². The number of benzene rings is 1. The third kappa shape index (κ3) is 4.10. The van der Waals surface area contributed by atoms with E-state index in [4.69, 9.17) is 0 Å². The van der Waals surface area contributed by atoms with Gasteiger partial charge in [0.05, 0.1) is 0 Å². The van der Waals surface area contributed by atoms with E-state index < -0.39 is 59.9 Å². The van der Waals surface area contributed by atoms with E-state index in [1.807, 2.05) is 0 Å². The number of aldehydes is 1. The number of halogens is 14. The quantitative estimate of drug-likeness (QED) is 0.239. The number of carbonyl (C=O) groups excluding carboxylic acids is 1. The van der Waals surface area contributed by atoms with Gasteiger partial charge in [-0.2, -0.15) is 57.1 Å². The molecule has 0 fully saturated rings. The Bertz CT molecular complexity index is 822. The van der Waals surface area contributed by atoms with E-state index in [-0.39, 0.29) is 5.56 Å². The third-order valence-corrected chi connectivity index (χ3v) is 3.87. The van der Waals surface area contributed by atoms with Crippen LogP contribution in [0, 0.1) is 0 Å². The molecule has 1 aromatic carbocycles. The van der Waals surface area contributed by atoms with Crippen LogP contribution in [0.1, 0.15) is 5.56 Å². The molecule has 0 bridgehead atoms. The molecule has 0 aliphatic carbocycles. The van der Waals surface area contributed by atoms with Crippen molar-refractivity contribution in [2.45, 2.75) is 42.2 Å². The minimum Gasteiger partial charge on any atom is -0.298 e. The smallest absolute Gasteiger partial charge is 0.298 e. The summed E-state index contributed by atoms with van der Waals surface area (Å²) < 4.78 is 183. The molecule has 0 unspecified atom stereocenters. The van der Waals surface area contributed by atoms with Gasteiger partial charge in [-0.05, 0) is 5.56 Å². The summed E-state index contributed by atoms with van der Waals surface area (Å²) >= 11 is 0. The highest BCUT2D eigenvalue weighted by atomic mass is 19.4. The van der Waals surface area contributed by atoms with Crippen molar-refractivity contribution in [3.63, 3.8) is 0 Å². The molecular formula is C16H8F14O. The maximum absolute atomic E-state index is 13.9. The van der Waals surface area contributed by atoms with Crippen molar-refractivity contribution >= 4 is 6.29 Å². The number of hydrogen-bond acceptors (Lipinski definition) is 1.